The summed E-state index contributed by atoms with van der Waals surface area (Å²) in [6.07, 6.45) is -3.03. The highest BCUT2D eigenvalue weighted by atomic mass is 19.4. The Labute approximate surface area is 172 Å². The van der Waals surface area contributed by atoms with E-state index in [1.807, 2.05) is 48.5 Å². The number of anilines is 1. The first-order chi connectivity index (χ1) is 14.5. The van der Waals surface area contributed by atoms with Gasteiger partial charge in [0.25, 0.3) is 0 Å². The predicted octanol–water partition coefficient (Wildman–Crippen LogP) is 5.99. The third-order valence-electron chi connectivity index (χ3n) is 5.03. The first kappa shape index (κ1) is 19.9. The molecule has 30 heavy (non-hydrogen) atoms. The maximum absolute atomic E-state index is 13.4. The Morgan fingerprint density at radius 2 is 1.70 bits per heavy atom. The lowest BCUT2D eigenvalue weighted by atomic mass is 9.98. The number of nitrogens with zero attached hydrogens (tertiary/aromatic N) is 1. The number of alkyl halides is 3. The molecule has 0 bridgehead atoms. The number of fused-ring (bicyclic) bond motifs is 1. The number of nitrogens with two attached hydrogens (primary N) is 1. The van der Waals surface area contributed by atoms with Gasteiger partial charge in [-0.05, 0) is 46.5 Å². The fourth-order valence-corrected chi connectivity index (χ4v) is 3.57. The summed E-state index contributed by atoms with van der Waals surface area (Å²) in [5.41, 5.74) is 9.58. The van der Waals surface area contributed by atoms with Gasteiger partial charge in [-0.25, -0.2) is 0 Å². The molecule has 6 heteroatoms. The summed E-state index contributed by atoms with van der Waals surface area (Å²) in [6.45, 7) is 1.01. The van der Waals surface area contributed by atoms with Gasteiger partial charge in [0.05, 0.1) is 11.1 Å². The van der Waals surface area contributed by atoms with Crippen LogP contribution in [0.25, 0.3) is 22.0 Å². The second-order valence-corrected chi connectivity index (χ2v) is 6.97. The molecule has 4 aromatic rings. The number of benzene rings is 3. The van der Waals surface area contributed by atoms with Gasteiger partial charge in [0, 0.05) is 30.4 Å². The van der Waals surface area contributed by atoms with Crippen molar-refractivity contribution in [3.8, 4) is 11.1 Å². The third kappa shape index (κ3) is 4.00. The van der Waals surface area contributed by atoms with Crippen molar-refractivity contribution in [3.63, 3.8) is 0 Å². The molecular weight excluding hydrogens is 387 g/mol. The van der Waals surface area contributed by atoms with Crippen molar-refractivity contribution < 1.29 is 13.2 Å². The van der Waals surface area contributed by atoms with Crippen molar-refractivity contribution >= 4 is 16.6 Å². The van der Waals surface area contributed by atoms with Gasteiger partial charge in [-0.3, -0.25) is 4.98 Å². The predicted molar refractivity (Wildman–Crippen MR) is 114 cm³/mol. The number of hydrogen-bond donors (Lipinski definition) is 2. The molecule has 3 nitrogen and oxygen atoms in total. The van der Waals surface area contributed by atoms with Crippen LogP contribution in [0.15, 0.2) is 79.0 Å². The van der Waals surface area contributed by atoms with Gasteiger partial charge in [-0.2, -0.15) is 13.2 Å². The van der Waals surface area contributed by atoms with Crippen LogP contribution < -0.4 is 11.1 Å². The van der Waals surface area contributed by atoms with Crippen LogP contribution in [-0.2, 0) is 19.3 Å². The molecule has 1 aromatic heterocycles. The molecule has 0 aliphatic rings. The minimum atomic E-state index is -4.45. The van der Waals surface area contributed by atoms with Crippen LogP contribution in [0.1, 0.15) is 16.7 Å². The van der Waals surface area contributed by atoms with E-state index in [1.54, 1.807) is 12.1 Å². The van der Waals surface area contributed by atoms with Crippen molar-refractivity contribution in [1.82, 2.24) is 4.98 Å². The zero-order valence-electron chi connectivity index (χ0n) is 16.1. The average Bonchev–Trinajstić information content (AvgIpc) is 2.76. The maximum Gasteiger partial charge on any atom is 0.418 e. The Bertz CT molecular complexity index is 1190. The molecule has 1 heterocycles. The Kier molecular flexibility index (Phi) is 5.42. The molecule has 4 rings (SSSR count). The van der Waals surface area contributed by atoms with E-state index in [2.05, 4.69) is 10.3 Å². The Morgan fingerprint density at radius 1 is 0.900 bits per heavy atom. The lowest BCUT2D eigenvalue weighted by Crippen LogP contribution is -2.06. The highest BCUT2D eigenvalue weighted by Crippen LogP contribution is 2.37. The summed E-state index contributed by atoms with van der Waals surface area (Å²) < 4.78 is 40.1. The van der Waals surface area contributed by atoms with Gasteiger partial charge < -0.3 is 11.1 Å². The molecule has 0 unspecified atom stereocenters. The normalized spacial score (nSPS) is 11.6. The van der Waals surface area contributed by atoms with Crippen molar-refractivity contribution in [2.45, 2.75) is 19.3 Å². The summed E-state index contributed by atoms with van der Waals surface area (Å²) >= 11 is 0. The first-order valence-electron chi connectivity index (χ1n) is 9.53. The summed E-state index contributed by atoms with van der Waals surface area (Å²) in [6, 6.07) is 21.5. The van der Waals surface area contributed by atoms with E-state index in [-0.39, 0.29) is 5.52 Å². The van der Waals surface area contributed by atoms with E-state index in [1.165, 1.54) is 12.3 Å². The van der Waals surface area contributed by atoms with E-state index in [0.29, 0.717) is 18.5 Å². The molecule has 0 saturated heterocycles. The zero-order chi connectivity index (χ0) is 21.1. The molecule has 152 valence electrons. The average molecular weight is 407 g/mol. The highest BCUT2D eigenvalue weighted by Gasteiger charge is 2.33. The molecular formula is C24H20F3N3. The fourth-order valence-electron chi connectivity index (χ4n) is 3.57. The molecule has 0 spiro atoms. The van der Waals surface area contributed by atoms with Gasteiger partial charge in [0.15, 0.2) is 0 Å². The van der Waals surface area contributed by atoms with Crippen LogP contribution in [0.3, 0.4) is 0 Å². The molecule has 0 radical (unpaired) electrons. The van der Waals surface area contributed by atoms with Gasteiger partial charge in [-0.1, -0.05) is 48.5 Å². The van der Waals surface area contributed by atoms with E-state index < -0.39 is 11.7 Å². The van der Waals surface area contributed by atoms with Crippen LogP contribution in [0.4, 0.5) is 18.9 Å². The van der Waals surface area contributed by atoms with Crippen molar-refractivity contribution in [2.24, 2.45) is 5.73 Å². The van der Waals surface area contributed by atoms with Crippen LogP contribution in [0.2, 0.25) is 0 Å². The Hall–Kier alpha value is -3.38. The number of hydrogen-bond acceptors (Lipinski definition) is 3. The van der Waals surface area contributed by atoms with Gasteiger partial charge in [0.2, 0.25) is 0 Å². The summed E-state index contributed by atoms with van der Waals surface area (Å²) in [5.74, 6) is 0. The lowest BCUT2D eigenvalue weighted by Gasteiger charge is -2.14. The van der Waals surface area contributed by atoms with Crippen LogP contribution in [0.5, 0.6) is 0 Å². The highest BCUT2D eigenvalue weighted by molar-refractivity contribution is 5.96. The number of halogens is 3. The molecule has 0 saturated carbocycles. The summed E-state index contributed by atoms with van der Waals surface area (Å²) in [4.78, 5) is 4.01. The fraction of sp³-hybridized carbons (Fsp3) is 0.125. The number of nitrogens with one attached hydrogen (secondary N) is 1. The zero-order valence-corrected chi connectivity index (χ0v) is 16.1. The van der Waals surface area contributed by atoms with Crippen LogP contribution >= 0.6 is 0 Å². The molecule has 3 N–H and O–H groups in total. The molecule has 0 fully saturated rings. The van der Waals surface area contributed by atoms with Crippen LogP contribution in [0, 0.1) is 0 Å². The maximum atomic E-state index is 13.4. The van der Waals surface area contributed by atoms with Crippen molar-refractivity contribution in [2.75, 3.05) is 5.32 Å². The number of rotatable bonds is 5. The van der Waals surface area contributed by atoms with E-state index in [4.69, 9.17) is 5.73 Å². The first-order valence-corrected chi connectivity index (χ1v) is 9.53. The number of para-hydroxylation sites is 2. The number of aromatic nitrogens is 1. The molecule has 0 amide bonds. The van der Waals surface area contributed by atoms with E-state index >= 15 is 0 Å². The molecule has 0 aliphatic carbocycles. The largest absolute Gasteiger partial charge is 0.418 e. The quantitative estimate of drug-likeness (QED) is 0.427. The Morgan fingerprint density at radius 3 is 2.50 bits per heavy atom. The number of pyridine rings is 1. The van der Waals surface area contributed by atoms with Crippen molar-refractivity contribution in [3.05, 3.63) is 95.7 Å². The minimum Gasteiger partial charge on any atom is -0.381 e. The summed E-state index contributed by atoms with van der Waals surface area (Å²) in [5, 5.41) is 3.86. The standard InChI is InChI=1S/C24H20F3N3/c25-24(26,27)21-9-4-8-20-19(11-12-29-23(20)21)17-7-3-5-16(13-17)15-30-22-10-2-1-6-18(22)14-28/h1-13,30H,14-15,28H2. The van der Waals surface area contributed by atoms with E-state index in [0.717, 1.165) is 34.0 Å². The van der Waals surface area contributed by atoms with Gasteiger partial charge in [-0.15, -0.1) is 0 Å². The summed E-state index contributed by atoms with van der Waals surface area (Å²) in [7, 11) is 0. The van der Waals surface area contributed by atoms with E-state index in [9.17, 15) is 13.2 Å². The minimum absolute atomic E-state index is 0.0390. The van der Waals surface area contributed by atoms with Gasteiger partial charge >= 0.3 is 6.18 Å². The smallest absolute Gasteiger partial charge is 0.381 e. The second-order valence-electron chi connectivity index (χ2n) is 6.97. The topological polar surface area (TPSA) is 50.9 Å². The molecule has 3 aromatic carbocycles. The monoisotopic (exact) mass is 407 g/mol. The molecule has 0 atom stereocenters. The Balaban J connectivity index is 1.68. The third-order valence-corrected chi connectivity index (χ3v) is 5.03. The van der Waals surface area contributed by atoms with Crippen LogP contribution in [-0.4, -0.2) is 4.98 Å². The molecule has 0 aliphatic heterocycles. The van der Waals surface area contributed by atoms with Crippen molar-refractivity contribution in [1.29, 1.82) is 0 Å². The SMILES string of the molecule is NCc1ccccc1NCc1cccc(-c2ccnc3c(C(F)(F)F)cccc23)c1. The second kappa shape index (κ2) is 8.16. The van der Waals surface area contributed by atoms with Gasteiger partial charge in [0.1, 0.15) is 0 Å². The lowest BCUT2D eigenvalue weighted by molar-refractivity contribution is -0.136.